The molecule has 1 aromatic heterocycles. The molecule has 6 N–H and O–H groups in total. The van der Waals surface area contributed by atoms with Crippen molar-refractivity contribution in [2.24, 2.45) is 21.1 Å². The second-order valence-corrected chi connectivity index (χ2v) is 6.71. The highest BCUT2D eigenvalue weighted by atomic mass is 32.2. The number of nitrogens with two attached hydrogens (primary N) is 2. The summed E-state index contributed by atoms with van der Waals surface area (Å²) >= 11 is 0. The number of aromatic nitrogens is 1. The monoisotopic (exact) mass is 359 g/mol. The summed E-state index contributed by atoms with van der Waals surface area (Å²) in [6.07, 6.45) is 0. The van der Waals surface area contributed by atoms with Crippen LogP contribution in [0, 0.1) is 0 Å². The molecule has 0 unspecified atom stereocenters. The van der Waals surface area contributed by atoms with E-state index in [1.54, 1.807) is 12.1 Å². The van der Waals surface area contributed by atoms with Crippen LogP contribution < -0.4 is 10.9 Å². The quantitative estimate of drug-likeness (QED) is 0.524. The summed E-state index contributed by atoms with van der Waals surface area (Å²) in [5.74, 6) is -0.938. The number of fused-ring (bicyclic) bond motifs is 1. The minimum atomic E-state index is -3.80. The highest BCUT2D eigenvalue weighted by Gasteiger charge is 2.17. The normalized spacial score (nSPS) is 12.0. The van der Waals surface area contributed by atoms with E-state index in [4.69, 9.17) is 10.9 Å². The zero-order valence-corrected chi connectivity index (χ0v) is 13.5. The first-order valence-corrected chi connectivity index (χ1v) is 8.50. The summed E-state index contributed by atoms with van der Waals surface area (Å²) in [6.45, 7) is 0. The number of H-pyrrole nitrogens is 1. The number of benzene rings is 2. The maximum absolute atomic E-state index is 11.6. The first-order chi connectivity index (χ1) is 11.8. The van der Waals surface area contributed by atoms with Crippen molar-refractivity contribution >= 4 is 38.2 Å². The Bertz CT molecular complexity index is 1100. The standard InChI is InChI=1S/C15H13N5O4S/c16-14(21)10-2-1-3-11-12(10)13(15(22)18-11)20-19-8-4-6-9(7-5-8)25(17,23)24/h1-7,18,22H,(H2,16,21)(H2,17,23,24). The van der Waals surface area contributed by atoms with Crippen molar-refractivity contribution in [2.75, 3.05) is 0 Å². The number of azo groups is 1. The van der Waals surface area contributed by atoms with Gasteiger partial charge in [0, 0.05) is 5.39 Å². The van der Waals surface area contributed by atoms with E-state index < -0.39 is 15.9 Å². The summed E-state index contributed by atoms with van der Waals surface area (Å²) in [7, 11) is -3.80. The van der Waals surface area contributed by atoms with Crippen LogP contribution in [0.25, 0.3) is 10.9 Å². The molecule has 0 aliphatic carbocycles. The predicted molar refractivity (Wildman–Crippen MR) is 90.5 cm³/mol. The molecule has 25 heavy (non-hydrogen) atoms. The van der Waals surface area contributed by atoms with Gasteiger partial charge in [0.25, 0.3) is 0 Å². The Morgan fingerprint density at radius 1 is 1.08 bits per heavy atom. The molecule has 3 rings (SSSR count). The van der Waals surface area contributed by atoms with Crippen LogP contribution in [0.4, 0.5) is 11.4 Å². The van der Waals surface area contributed by atoms with Gasteiger partial charge in [0.15, 0.2) is 5.69 Å². The topological polar surface area (TPSA) is 164 Å². The SMILES string of the molecule is NC(=O)c1cccc2[nH]c(O)c(N=Nc3ccc(S(N)(=O)=O)cc3)c12. The number of primary amides is 1. The Kier molecular flexibility index (Phi) is 3.99. The van der Waals surface area contributed by atoms with E-state index in [9.17, 15) is 18.3 Å². The van der Waals surface area contributed by atoms with Gasteiger partial charge in [0.1, 0.15) is 0 Å². The maximum Gasteiger partial charge on any atom is 0.249 e. The molecule has 0 atom stereocenters. The smallest absolute Gasteiger partial charge is 0.249 e. The number of nitrogens with zero attached hydrogens (tertiary/aromatic N) is 2. The molecule has 0 bridgehead atoms. The lowest BCUT2D eigenvalue weighted by Gasteiger charge is -1.99. The van der Waals surface area contributed by atoms with E-state index in [1.807, 2.05) is 0 Å². The van der Waals surface area contributed by atoms with Gasteiger partial charge in [-0.25, -0.2) is 13.6 Å². The summed E-state index contributed by atoms with van der Waals surface area (Å²) in [4.78, 5) is 14.2. The molecular weight excluding hydrogens is 346 g/mol. The van der Waals surface area contributed by atoms with Crippen LogP contribution in [0.3, 0.4) is 0 Å². The molecule has 0 aliphatic heterocycles. The van der Waals surface area contributed by atoms with Crippen LogP contribution in [0.1, 0.15) is 10.4 Å². The van der Waals surface area contributed by atoms with Gasteiger partial charge in [0.05, 0.1) is 21.7 Å². The highest BCUT2D eigenvalue weighted by Crippen LogP contribution is 2.38. The van der Waals surface area contributed by atoms with Crippen molar-refractivity contribution in [3.63, 3.8) is 0 Å². The molecule has 0 saturated carbocycles. The van der Waals surface area contributed by atoms with Gasteiger partial charge >= 0.3 is 0 Å². The Labute approximate surface area is 142 Å². The van der Waals surface area contributed by atoms with Gasteiger partial charge in [0.2, 0.25) is 21.8 Å². The van der Waals surface area contributed by atoms with E-state index in [1.165, 1.54) is 30.3 Å². The van der Waals surface area contributed by atoms with E-state index in [-0.39, 0.29) is 22.0 Å². The summed E-state index contributed by atoms with van der Waals surface area (Å²) in [6, 6.07) is 10.2. The van der Waals surface area contributed by atoms with Crippen LogP contribution in [0.15, 0.2) is 57.6 Å². The average Bonchev–Trinajstić information content (AvgIpc) is 2.87. The summed E-state index contributed by atoms with van der Waals surface area (Å²) in [5, 5.41) is 23.3. The zero-order valence-electron chi connectivity index (χ0n) is 12.7. The van der Waals surface area contributed by atoms with Crippen LogP contribution >= 0.6 is 0 Å². The lowest BCUT2D eigenvalue weighted by Crippen LogP contribution is -2.11. The van der Waals surface area contributed by atoms with Crippen molar-refractivity contribution in [3.05, 3.63) is 48.0 Å². The molecule has 0 radical (unpaired) electrons. The predicted octanol–water partition coefficient (Wildman–Crippen LogP) is 2.04. The molecule has 0 spiro atoms. The van der Waals surface area contributed by atoms with Crippen molar-refractivity contribution in [1.82, 2.24) is 4.98 Å². The second-order valence-electron chi connectivity index (χ2n) is 5.15. The average molecular weight is 359 g/mol. The fourth-order valence-electron chi connectivity index (χ4n) is 2.33. The first kappa shape index (κ1) is 16.6. The van der Waals surface area contributed by atoms with Crippen LogP contribution in [-0.2, 0) is 10.0 Å². The van der Waals surface area contributed by atoms with Crippen molar-refractivity contribution in [2.45, 2.75) is 4.90 Å². The third-order valence-electron chi connectivity index (χ3n) is 3.47. The van der Waals surface area contributed by atoms with E-state index >= 15 is 0 Å². The third-order valence-corrected chi connectivity index (χ3v) is 4.40. The number of nitrogens with one attached hydrogen (secondary N) is 1. The molecular formula is C15H13N5O4S. The Morgan fingerprint density at radius 2 is 1.76 bits per heavy atom. The van der Waals surface area contributed by atoms with Crippen LogP contribution in [0.5, 0.6) is 5.88 Å². The van der Waals surface area contributed by atoms with Gasteiger partial charge in [-0.1, -0.05) is 6.07 Å². The molecule has 1 heterocycles. The third kappa shape index (κ3) is 3.20. The van der Waals surface area contributed by atoms with Crippen molar-refractivity contribution < 1.29 is 18.3 Å². The lowest BCUT2D eigenvalue weighted by molar-refractivity contribution is 0.100. The number of aromatic hydroxyl groups is 1. The number of carbonyl (C=O) groups is 1. The van der Waals surface area contributed by atoms with Crippen molar-refractivity contribution in [3.8, 4) is 5.88 Å². The van der Waals surface area contributed by atoms with Gasteiger partial charge in [-0.2, -0.15) is 5.11 Å². The molecule has 3 aromatic rings. The summed E-state index contributed by atoms with van der Waals surface area (Å²) < 4.78 is 22.4. The molecule has 10 heteroatoms. The molecule has 9 nitrogen and oxygen atoms in total. The Hall–Kier alpha value is -3.24. The molecule has 128 valence electrons. The number of sulfonamides is 1. The van der Waals surface area contributed by atoms with Crippen molar-refractivity contribution in [1.29, 1.82) is 0 Å². The number of carbonyl (C=O) groups excluding carboxylic acids is 1. The fourth-order valence-corrected chi connectivity index (χ4v) is 2.85. The number of amides is 1. The number of hydrogen-bond acceptors (Lipinski definition) is 6. The minimum absolute atomic E-state index is 0.0555. The zero-order chi connectivity index (χ0) is 18.2. The van der Waals surface area contributed by atoms with Gasteiger partial charge in [-0.05, 0) is 36.4 Å². The molecule has 0 saturated heterocycles. The maximum atomic E-state index is 11.6. The lowest BCUT2D eigenvalue weighted by atomic mass is 10.1. The largest absolute Gasteiger partial charge is 0.493 e. The number of rotatable bonds is 4. The number of primary sulfonamides is 1. The molecule has 0 aliphatic rings. The van der Waals surface area contributed by atoms with E-state index in [0.717, 1.165) is 0 Å². The van der Waals surface area contributed by atoms with E-state index in [2.05, 4.69) is 15.2 Å². The fraction of sp³-hybridized carbons (Fsp3) is 0. The molecule has 0 fully saturated rings. The first-order valence-electron chi connectivity index (χ1n) is 6.95. The molecule has 1 amide bonds. The minimum Gasteiger partial charge on any atom is -0.493 e. The van der Waals surface area contributed by atoms with Gasteiger partial charge < -0.3 is 15.8 Å². The summed E-state index contributed by atoms with van der Waals surface area (Å²) in [5.41, 5.74) is 6.40. The Morgan fingerprint density at radius 3 is 2.36 bits per heavy atom. The second kappa shape index (κ2) is 6.00. The number of hydrogen-bond donors (Lipinski definition) is 4. The molecule has 2 aromatic carbocycles. The van der Waals surface area contributed by atoms with Crippen LogP contribution in [0.2, 0.25) is 0 Å². The highest BCUT2D eigenvalue weighted by molar-refractivity contribution is 7.89. The Balaban J connectivity index is 2.04. The van der Waals surface area contributed by atoms with Gasteiger partial charge in [-0.15, -0.1) is 5.11 Å². The van der Waals surface area contributed by atoms with Gasteiger partial charge in [-0.3, -0.25) is 4.79 Å². The van der Waals surface area contributed by atoms with Crippen LogP contribution in [-0.4, -0.2) is 24.4 Å². The number of aromatic amines is 1. The van der Waals surface area contributed by atoms with E-state index in [0.29, 0.717) is 16.6 Å².